The van der Waals surface area contributed by atoms with Crippen LogP contribution >= 0.6 is 0 Å². The van der Waals surface area contributed by atoms with E-state index >= 15 is 0 Å². The van der Waals surface area contributed by atoms with Crippen molar-refractivity contribution in [3.63, 3.8) is 0 Å². The van der Waals surface area contributed by atoms with Gasteiger partial charge in [0, 0.05) is 19.2 Å². The van der Waals surface area contributed by atoms with Crippen molar-refractivity contribution in [2.45, 2.75) is 13.3 Å². The van der Waals surface area contributed by atoms with Gasteiger partial charge in [0.1, 0.15) is 5.75 Å². The molecule has 1 heterocycles. The van der Waals surface area contributed by atoms with E-state index in [-0.39, 0.29) is 17.7 Å². The number of amides is 2. The van der Waals surface area contributed by atoms with Crippen LogP contribution in [0.2, 0.25) is 0 Å². The van der Waals surface area contributed by atoms with E-state index in [1.807, 2.05) is 0 Å². The van der Waals surface area contributed by atoms with Crippen molar-refractivity contribution >= 4 is 23.2 Å². The molecule has 1 aliphatic rings. The summed E-state index contributed by atoms with van der Waals surface area (Å²) in [7, 11) is 1.54. The number of anilines is 2. The molecule has 1 aliphatic heterocycles. The van der Waals surface area contributed by atoms with Crippen molar-refractivity contribution in [1.29, 1.82) is 0 Å². The summed E-state index contributed by atoms with van der Waals surface area (Å²) >= 11 is 0. The maximum atomic E-state index is 12.1. The Kier molecular flexibility index (Phi) is 4.57. The van der Waals surface area contributed by atoms with Gasteiger partial charge in [0.2, 0.25) is 11.8 Å². The summed E-state index contributed by atoms with van der Waals surface area (Å²) in [5.41, 5.74) is 1.19. The average molecular weight is 277 g/mol. The topological polar surface area (TPSA) is 79.5 Å². The van der Waals surface area contributed by atoms with Gasteiger partial charge in [-0.05, 0) is 31.2 Å². The highest BCUT2D eigenvalue weighted by Crippen LogP contribution is 2.28. The molecular formula is C14H19N3O3. The molecule has 0 radical (unpaired) electrons. The molecule has 0 aliphatic carbocycles. The van der Waals surface area contributed by atoms with E-state index in [0.717, 1.165) is 13.0 Å². The summed E-state index contributed by atoms with van der Waals surface area (Å²) in [6.07, 6.45) is 0.833. The third-order valence-electron chi connectivity index (χ3n) is 3.21. The first-order chi connectivity index (χ1) is 9.60. The first kappa shape index (κ1) is 14.3. The molecule has 1 unspecified atom stereocenters. The van der Waals surface area contributed by atoms with Gasteiger partial charge >= 0.3 is 0 Å². The van der Waals surface area contributed by atoms with Gasteiger partial charge in [-0.15, -0.1) is 0 Å². The van der Waals surface area contributed by atoms with E-state index in [1.165, 1.54) is 6.92 Å². The van der Waals surface area contributed by atoms with Crippen LogP contribution in [0.5, 0.6) is 5.75 Å². The zero-order valence-corrected chi connectivity index (χ0v) is 11.7. The lowest BCUT2D eigenvalue weighted by molar-refractivity contribution is -0.119. The van der Waals surface area contributed by atoms with E-state index in [1.54, 1.807) is 25.3 Å². The molecule has 2 amide bonds. The number of carbonyl (C=O) groups is 2. The predicted molar refractivity (Wildman–Crippen MR) is 76.9 cm³/mol. The Labute approximate surface area is 117 Å². The van der Waals surface area contributed by atoms with Crippen LogP contribution < -0.4 is 20.7 Å². The Morgan fingerprint density at radius 1 is 1.35 bits per heavy atom. The largest absolute Gasteiger partial charge is 0.495 e. The van der Waals surface area contributed by atoms with Crippen molar-refractivity contribution < 1.29 is 14.3 Å². The molecule has 1 saturated heterocycles. The summed E-state index contributed by atoms with van der Waals surface area (Å²) in [5.74, 6) is 0.350. The Balaban J connectivity index is 2.14. The Morgan fingerprint density at radius 3 is 2.75 bits per heavy atom. The number of ether oxygens (including phenoxy) is 1. The fraction of sp³-hybridized carbons (Fsp3) is 0.429. The monoisotopic (exact) mass is 277 g/mol. The second-order valence-electron chi connectivity index (χ2n) is 4.78. The summed E-state index contributed by atoms with van der Waals surface area (Å²) in [6, 6.07) is 5.14. The molecule has 1 fully saturated rings. The first-order valence-corrected chi connectivity index (χ1v) is 6.57. The lowest BCUT2D eigenvalue weighted by Gasteiger charge is -2.14. The fourth-order valence-electron chi connectivity index (χ4n) is 2.20. The number of hydrogen-bond acceptors (Lipinski definition) is 4. The Bertz CT molecular complexity index is 510. The zero-order chi connectivity index (χ0) is 14.5. The molecular weight excluding hydrogens is 258 g/mol. The minimum Gasteiger partial charge on any atom is -0.495 e. The molecule has 6 heteroatoms. The van der Waals surface area contributed by atoms with Gasteiger partial charge in [-0.2, -0.15) is 0 Å². The summed E-state index contributed by atoms with van der Waals surface area (Å²) in [5, 5.41) is 8.70. The maximum absolute atomic E-state index is 12.1. The highest BCUT2D eigenvalue weighted by molar-refractivity contribution is 5.96. The molecule has 0 bridgehead atoms. The van der Waals surface area contributed by atoms with Gasteiger partial charge in [-0.3, -0.25) is 9.59 Å². The predicted octanol–water partition coefficient (Wildman–Crippen LogP) is 1.20. The van der Waals surface area contributed by atoms with Gasteiger partial charge in [0.05, 0.1) is 18.7 Å². The van der Waals surface area contributed by atoms with E-state index < -0.39 is 0 Å². The third-order valence-corrected chi connectivity index (χ3v) is 3.21. The SMILES string of the molecule is COc1ccc(NC(C)=O)cc1NC(=O)C1CCNC1. The van der Waals surface area contributed by atoms with Crippen molar-refractivity contribution in [3.8, 4) is 5.75 Å². The minimum absolute atomic E-state index is 0.0240. The zero-order valence-electron chi connectivity index (χ0n) is 11.7. The van der Waals surface area contributed by atoms with Crippen LogP contribution in [0, 0.1) is 5.92 Å². The maximum Gasteiger partial charge on any atom is 0.228 e. The van der Waals surface area contributed by atoms with Crippen molar-refractivity contribution in [3.05, 3.63) is 18.2 Å². The van der Waals surface area contributed by atoms with Crippen molar-refractivity contribution in [1.82, 2.24) is 5.32 Å². The fourth-order valence-corrected chi connectivity index (χ4v) is 2.20. The lowest BCUT2D eigenvalue weighted by atomic mass is 10.1. The van der Waals surface area contributed by atoms with E-state index in [9.17, 15) is 9.59 Å². The summed E-state index contributed by atoms with van der Waals surface area (Å²) in [4.78, 5) is 23.2. The van der Waals surface area contributed by atoms with Crippen LogP contribution in [0.25, 0.3) is 0 Å². The molecule has 0 saturated carbocycles. The average Bonchev–Trinajstić information content (AvgIpc) is 2.92. The van der Waals surface area contributed by atoms with Crippen LogP contribution in [0.1, 0.15) is 13.3 Å². The smallest absolute Gasteiger partial charge is 0.228 e. The third kappa shape index (κ3) is 3.48. The van der Waals surface area contributed by atoms with Crippen LogP contribution in [-0.4, -0.2) is 32.0 Å². The van der Waals surface area contributed by atoms with Gasteiger partial charge in [0.15, 0.2) is 0 Å². The molecule has 3 N–H and O–H groups in total. The molecule has 20 heavy (non-hydrogen) atoms. The van der Waals surface area contributed by atoms with Crippen LogP contribution in [-0.2, 0) is 9.59 Å². The second kappa shape index (κ2) is 6.38. The molecule has 0 spiro atoms. The number of nitrogens with one attached hydrogen (secondary N) is 3. The normalized spacial score (nSPS) is 17.6. The number of methoxy groups -OCH3 is 1. The van der Waals surface area contributed by atoms with Crippen LogP contribution in [0.4, 0.5) is 11.4 Å². The van der Waals surface area contributed by atoms with Gasteiger partial charge in [0.25, 0.3) is 0 Å². The number of hydrogen-bond donors (Lipinski definition) is 3. The van der Waals surface area contributed by atoms with Crippen LogP contribution in [0.3, 0.4) is 0 Å². The molecule has 1 aromatic carbocycles. The Hall–Kier alpha value is -2.08. The Morgan fingerprint density at radius 2 is 2.15 bits per heavy atom. The van der Waals surface area contributed by atoms with Gasteiger partial charge in [-0.1, -0.05) is 0 Å². The number of benzene rings is 1. The standard InChI is InChI=1S/C14H19N3O3/c1-9(18)16-11-3-4-13(20-2)12(7-11)17-14(19)10-5-6-15-8-10/h3-4,7,10,15H,5-6,8H2,1-2H3,(H,16,18)(H,17,19). The van der Waals surface area contributed by atoms with Gasteiger partial charge in [-0.25, -0.2) is 0 Å². The van der Waals surface area contributed by atoms with Crippen LogP contribution in [0.15, 0.2) is 18.2 Å². The quantitative estimate of drug-likeness (QED) is 0.772. The van der Waals surface area contributed by atoms with Gasteiger partial charge < -0.3 is 20.7 Å². The number of rotatable bonds is 4. The molecule has 0 aromatic heterocycles. The van der Waals surface area contributed by atoms with Crippen molar-refractivity contribution in [2.75, 3.05) is 30.8 Å². The number of carbonyl (C=O) groups excluding carboxylic acids is 2. The van der Waals surface area contributed by atoms with E-state index in [2.05, 4.69) is 16.0 Å². The molecule has 6 nitrogen and oxygen atoms in total. The second-order valence-corrected chi connectivity index (χ2v) is 4.78. The molecule has 108 valence electrons. The summed E-state index contributed by atoms with van der Waals surface area (Å²) in [6.45, 7) is 2.99. The molecule has 2 rings (SSSR count). The first-order valence-electron chi connectivity index (χ1n) is 6.57. The van der Waals surface area contributed by atoms with Crippen molar-refractivity contribution in [2.24, 2.45) is 5.92 Å². The highest BCUT2D eigenvalue weighted by atomic mass is 16.5. The highest BCUT2D eigenvalue weighted by Gasteiger charge is 2.23. The molecule has 1 atom stereocenters. The minimum atomic E-state index is -0.160. The lowest BCUT2D eigenvalue weighted by Crippen LogP contribution is -2.24. The van der Waals surface area contributed by atoms with E-state index in [4.69, 9.17) is 4.74 Å². The summed E-state index contributed by atoms with van der Waals surface area (Å²) < 4.78 is 5.23. The molecule has 1 aromatic rings. The van der Waals surface area contributed by atoms with E-state index in [0.29, 0.717) is 23.7 Å².